The number of hydrogen-bond acceptors (Lipinski definition) is 6. The molecule has 0 spiro atoms. The number of nitrogens with zero attached hydrogens (tertiary/aromatic N) is 2. The zero-order valence-electron chi connectivity index (χ0n) is 19.2. The molecule has 4 aromatic rings. The minimum absolute atomic E-state index is 0.0364. The molecular formula is C25H24N4O5S. The van der Waals surface area contributed by atoms with Gasteiger partial charge in [0, 0.05) is 17.5 Å². The summed E-state index contributed by atoms with van der Waals surface area (Å²) in [6.45, 7) is 1.93. The number of fused-ring (bicyclic) bond motifs is 1. The highest BCUT2D eigenvalue weighted by Crippen LogP contribution is 2.28. The number of nitrogens with one attached hydrogen (secondary N) is 2. The van der Waals surface area contributed by atoms with E-state index in [1.54, 1.807) is 72.3 Å². The average molecular weight is 493 g/mol. The number of aryl methyl sites for hydroxylation is 2. The SMILES string of the molecule is COc1ccccc1NS(=O)(=O)c1cc(NC(=O)CCn2ncc(=O)c3ccccc32)ccc1C. The number of rotatable bonds is 8. The van der Waals surface area contributed by atoms with Crippen molar-refractivity contribution in [2.75, 3.05) is 17.1 Å². The zero-order chi connectivity index (χ0) is 25.0. The van der Waals surface area contributed by atoms with Crippen molar-refractivity contribution < 1.29 is 17.9 Å². The number of methoxy groups -OCH3 is 1. The van der Waals surface area contributed by atoms with E-state index in [0.717, 1.165) is 0 Å². The fraction of sp³-hybridized carbons (Fsp3) is 0.160. The molecule has 35 heavy (non-hydrogen) atoms. The predicted molar refractivity (Wildman–Crippen MR) is 134 cm³/mol. The van der Waals surface area contributed by atoms with E-state index < -0.39 is 10.0 Å². The highest BCUT2D eigenvalue weighted by Gasteiger charge is 2.20. The molecular weight excluding hydrogens is 468 g/mol. The first kappa shape index (κ1) is 24.0. The number of benzene rings is 3. The number of ether oxygens (including phenoxy) is 1. The summed E-state index contributed by atoms with van der Waals surface area (Å²) in [5, 5.41) is 7.39. The monoisotopic (exact) mass is 492 g/mol. The molecule has 2 N–H and O–H groups in total. The molecule has 180 valence electrons. The quantitative estimate of drug-likeness (QED) is 0.388. The third-order valence-electron chi connectivity index (χ3n) is 5.43. The van der Waals surface area contributed by atoms with Crippen LogP contribution in [0.3, 0.4) is 0 Å². The highest BCUT2D eigenvalue weighted by atomic mass is 32.2. The number of carbonyl (C=O) groups is 1. The predicted octanol–water partition coefficient (Wildman–Crippen LogP) is 3.54. The van der Waals surface area contributed by atoms with E-state index in [-0.39, 0.29) is 29.2 Å². The fourth-order valence-electron chi connectivity index (χ4n) is 3.67. The second kappa shape index (κ2) is 9.98. The molecule has 9 nitrogen and oxygen atoms in total. The van der Waals surface area contributed by atoms with E-state index in [2.05, 4.69) is 15.1 Å². The van der Waals surface area contributed by atoms with Crippen molar-refractivity contribution in [2.45, 2.75) is 24.8 Å². The summed E-state index contributed by atoms with van der Waals surface area (Å²) >= 11 is 0. The van der Waals surface area contributed by atoms with Gasteiger partial charge < -0.3 is 10.1 Å². The number of sulfonamides is 1. The number of carbonyl (C=O) groups excluding carboxylic acids is 1. The van der Waals surface area contributed by atoms with Crippen LogP contribution in [-0.4, -0.2) is 31.2 Å². The molecule has 0 saturated carbocycles. The Balaban J connectivity index is 1.50. The Morgan fingerprint density at radius 3 is 2.60 bits per heavy atom. The lowest BCUT2D eigenvalue weighted by Gasteiger charge is -2.14. The van der Waals surface area contributed by atoms with Crippen LogP contribution >= 0.6 is 0 Å². The first-order chi connectivity index (χ1) is 16.8. The summed E-state index contributed by atoms with van der Waals surface area (Å²) < 4.78 is 35.5. The van der Waals surface area contributed by atoms with Gasteiger partial charge in [-0.1, -0.05) is 30.3 Å². The van der Waals surface area contributed by atoms with E-state index >= 15 is 0 Å². The molecule has 4 rings (SSSR count). The van der Waals surface area contributed by atoms with Crippen LogP contribution in [-0.2, 0) is 21.4 Å². The van der Waals surface area contributed by atoms with Gasteiger partial charge in [0.25, 0.3) is 10.0 Å². The maximum Gasteiger partial charge on any atom is 0.262 e. The van der Waals surface area contributed by atoms with Crippen LogP contribution in [0.1, 0.15) is 12.0 Å². The molecule has 0 fully saturated rings. The van der Waals surface area contributed by atoms with Crippen molar-refractivity contribution >= 4 is 38.2 Å². The van der Waals surface area contributed by atoms with Gasteiger partial charge in [0.1, 0.15) is 5.75 Å². The van der Waals surface area contributed by atoms with E-state index in [4.69, 9.17) is 4.74 Å². The zero-order valence-corrected chi connectivity index (χ0v) is 20.0. The molecule has 1 aromatic heterocycles. The first-order valence-corrected chi connectivity index (χ1v) is 12.3. The minimum atomic E-state index is -3.94. The molecule has 1 heterocycles. The Morgan fingerprint density at radius 2 is 1.80 bits per heavy atom. The van der Waals surface area contributed by atoms with Crippen molar-refractivity contribution in [3.63, 3.8) is 0 Å². The fourth-order valence-corrected chi connectivity index (χ4v) is 5.01. The summed E-state index contributed by atoms with van der Waals surface area (Å²) in [5.74, 6) is 0.0706. The number of para-hydroxylation sites is 3. The molecule has 0 aliphatic heterocycles. The van der Waals surface area contributed by atoms with Crippen molar-refractivity contribution in [1.29, 1.82) is 0 Å². The second-order valence-electron chi connectivity index (χ2n) is 7.83. The second-order valence-corrected chi connectivity index (χ2v) is 9.48. The Morgan fingerprint density at radius 1 is 1.06 bits per heavy atom. The lowest BCUT2D eigenvalue weighted by Crippen LogP contribution is -2.19. The van der Waals surface area contributed by atoms with Crippen molar-refractivity contribution in [3.8, 4) is 5.75 Å². The van der Waals surface area contributed by atoms with Gasteiger partial charge in [-0.05, 0) is 48.9 Å². The number of aromatic nitrogens is 2. The topological polar surface area (TPSA) is 119 Å². The molecule has 0 radical (unpaired) electrons. The van der Waals surface area contributed by atoms with Gasteiger partial charge in [-0.15, -0.1) is 0 Å². The van der Waals surface area contributed by atoms with Gasteiger partial charge in [-0.2, -0.15) is 5.10 Å². The molecule has 0 bridgehead atoms. The van der Waals surface area contributed by atoms with Gasteiger partial charge in [0.2, 0.25) is 11.3 Å². The van der Waals surface area contributed by atoms with Crippen LogP contribution in [0.15, 0.2) is 82.6 Å². The Labute approximate surface area is 202 Å². The lowest BCUT2D eigenvalue weighted by atomic mass is 10.2. The van der Waals surface area contributed by atoms with Gasteiger partial charge >= 0.3 is 0 Å². The van der Waals surface area contributed by atoms with Crippen molar-refractivity contribution in [3.05, 3.63) is 88.7 Å². The number of anilines is 2. The Hall–Kier alpha value is -4.18. The molecule has 0 aliphatic rings. The number of hydrogen-bond donors (Lipinski definition) is 2. The summed E-state index contributed by atoms with van der Waals surface area (Å²) in [7, 11) is -2.49. The van der Waals surface area contributed by atoms with Gasteiger partial charge in [-0.25, -0.2) is 8.42 Å². The third kappa shape index (κ3) is 5.33. The molecule has 1 amide bonds. The smallest absolute Gasteiger partial charge is 0.262 e. The summed E-state index contributed by atoms with van der Waals surface area (Å²) in [6.07, 6.45) is 1.31. The Bertz CT molecular complexity index is 1560. The van der Waals surface area contributed by atoms with Gasteiger partial charge in [-0.3, -0.25) is 19.0 Å². The van der Waals surface area contributed by atoms with E-state index in [1.807, 2.05) is 0 Å². The molecule has 0 unspecified atom stereocenters. The lowest BCUT2D eigenvalue weighted by molar-refractivity contribution is -0.116. The van der Waals surface area contributed by atoms with Crippen LogP contribution < -0.4 is 20.2 Å². The third-order valence-corrected chi connectivity index (χ3v) is 6.93. The first-order valence-electron chi connectivity index (χ1n) is 10.8. The summed E-state index contributed by atoms with van der Waals surface area (Å²) in [4.78, 5) is 24.6. The highest BCUT2D eigenvalue weighted by molar-refractivity contribution is 7.92. The van der Waals surface area contributed by atoms with Crippen LogP contribution in [0.2, 0.25) is 0 Å². The maximum atomic E-state index is 13.1. The van der Waals surface area contributed by atoms with Crippen LogP contribution in [0.4, 0.5) is 11.4 Å². The van der Waals surface area contributed by atoms with E-state index in [0.29, 0.717) is 33.6 Å². The average Bonchev–Trinajstić information content (AvgIpc) is 2.85. The maximum absolute atomic E-state index is 13.1. The van der Waals surface area contributed by atoms with Crippen molar-refractivity contribution in [2.24, 2.45) is 0 Å². The Kier molecular flexibility index (Phi) is 6.83. The molecule has 0 atom stereocenters. The molecule has 0 aliphatic carbocycles. The summed E-state index contributed by atoms with van der Waals surface area (Å²) in [5.41, 5.74) is 1.63. The molecule has 0 saturated heterocycles. The van der Waals surface area contributed by atoms with Gasteiger partial charge in [0.05, 0.1) is 36.0 Å². The van der Waals surface area contributed by atoms with E-state index in [9.17, 15) is 18.0 Å². The van der Waals surface area contributed by atoms with Crippen molar-refractivity contribution in [1.82, 2.24) is 9.78 Å². The standard InChI is InChI=1S/C25H24N4O5S/c1-17-11-12-18(15-24(17)35(32,33)28-20-8-4-6-10-23(20)34-2)27-25(31)13-14-29-21-9-5-3-7-19(21)22(30)16-26-29/h3-12,15-16,28H,13-14H2,1-2H3,(H,27,31). The van der Waals surface area contributed by atoms with Gasteiger partial charge in [0.15, 0.2) is 0 Å². The minimum Gasteiger partial charge on any atom is -0.495 e. The van der Waals surface area contributed by atoms with Crippen LogP contribution in [0.5, 0.6) is 5.75 Å². The normalized spacial score (nSPS) is 11.3. The molecule has 10 heteroatoms. The van der Waals surface area contributed by atoms with E-state index in [1.165, 1.54) is 19.4 Å². The molecule has 3 aromatic carbocycles. The summed E-state index contributed by atoms with van der Waals surface area (Å²) in [6, 6.07) is 18.4. The number of amides is 1. The van der Waals surface area contributed by atoms with Crippen LogP contribution in [0, 0.1) is 6.92 Å². The largest absolute Gasteiger partial charge is 0.495 e. The van der Waals surface area contributed by atoms with Crippen LogP contribution in [0.25, 0.3) is 10.9 Å².